The second kappa shape index (κ2) is 10.5. The van der Waals surface area contributed by atoms with Crippen LogP contribution in [0.1, 0.15) is 55.5 Å². The monoisotopic (exact) mass is 478 g/mol. The number of aromatic nitrogens is 4. The van der Waals surface area contributed by atoms with Gasteiger partial charge in [-0.3, -0.25) is 4.98 Å². The van der Waals surface area contributed by atoms with Gasteiger partial charge in [0.2, 0.25) is 0 Å². The molecule has 0 unspecified atom stereocenters. The van der Waals surface area contributed by atoms with E-state index in [1.54, 1.807) is 6.20 Å². The second-order valence-corrected chi connectivity index (χ2v) is 10.4. The van der Waals surface area contributed by atoms with E-state index in [2.05, 4.69) is 66.1 Å². The van der Waals surface area contributed by atoms with Gasteiger partial charge in [-0.25, -0.2) is 9.50 Å². The molecule has 0 spiro atoms. The van der Waals surface area contributed by atoms with Gasteiger partial charge in [0.05, 0.1) is 17.3 Å². The second-order valence-electron chi connectivity index (χ2n) is 10.4. The molecule has 0 radical (unpaired) electrons. The zero-order chi connectivity index (χ0) is 25.1. The number of aryl methyl sites for hydroxylation is 2. The Hall–Kier alpha value is -3.72. The Balaban J connectivity index is 1.36. The first-order valence-corrected chi connectivity index (χ1v) is 13.0. The van der Waals surface area contributed by atoms with E-state index >= 15 is 0 Å². The topological polar surface area (TPSA) is 70.1 Å². The number of piperidine rings is 1. The number of nitriles is 1. The van der Waals surface area contributed by atoms with Gasteiger partial charge in [-0.15, -0.1) is 0 Å². The minimum absolute atomic E-state index is 0.600. The predicted octanol–water partition coefficient (Wildman–Crippen LogP) is 6.02. The summed E-state index contributed by atoms with van der Waals surface area (Å²) in [5.41, 5.74) is 7.23. The predicted molar refractivity (Wildman–Crippen MR) is 144 cm³/mol. The molecular weight excluding hydrogens is 444 g/mol. The van der Waals surface area contributed by atoms with Crippen LogP contribution in [-0.2, 0) is 12.8 Å². The van der Waals surface area contributed by atoms with Gasteiger partial charge in [0.15, 0.2) is 0 Å². The summed E-state index contributed by atoms with van der Waals surface area (Å²) in [6, 6.07) is 13.0. The highest BCUT2D eigenvalue weighted by Crippen LogP contribution is 2.32. The van der Waals surface area contributed by atoms with Crippen LogP contribution in [0.5, 0.6) is 0 Å². The van der Waals surface area contributed by atoms with E-state index < -0.39 is 0 Å². The van der Waals surface area contributed by atoms with Crippen LogP contribution in [0.25, 0.3) is 16.6 Å². The molecule has 1 aliphatic rings. The van der Waals surface area contributed by atoms with Crippen molar-refractivity contribution in [3.63, 3.8) is 0 Å². The summed E-state index contributed by atoms with van der Waals surface area (Å²) in [6.07, 6.45) is 13.0. The molecule has 1 saturated heterocycles. The lowest BCUT2D eigenvalue weighted by Crippen LogP contribution is -2.34. The Morgan fingerprint density at radius 2 is 1.94 bits per heavy atom. The van der Waals surface area contributed by atoms with Crippen LogP contribution in [-0.4, -0.2) is 32.7 Å². The van der Waals surface area contributed by atoms with E-state index in [1.807, 2.05) is 29.2 Å². The molecule has 4 aromatic rings. The molecule has 4 aromatic heterocycles. The molecule has 0 aromatic carbocycles. The van der Waals surface area contributed by atoms with Crippen molar-refractivity contribution in [1.82, 2.24) is 19.6 Å². The first-order chi connectivity index (χ1) is 17.5. The molecule has 0 aliphatic carbocycles. The summed E-state index contributed by atoms with van der Waals surface area (Å²) in [7, 11) is 0. The maximum absolute atomic E-state index is 9.73. The van der Waals surface area contributed by atoms with Crippen LogP contribution in [0.3, 0.4) is 0 Å². The van der Waals surface area contributed by atoms with Crippen LogP contribution in [0.2, 0.25) is 0 Å². The van der Waals surface area contributed by atoms with Crippen molar-refractivity contribution in [3.05, 3.63) is 77.5 Å². The zero-order valence-corrected chi connectivity index (χ0v) is 21.5. The fraction of sp³-hybridized carbons (Fsp3) is 0.400. The molecule has 6 heteroatoms. The zero-order valence-electron chi connectivity index (χ0n) is 21.5. The molecule has 0 bridgehead atoms. The summed E-state index contributed by atoms with van der Waals surface area (Å²) < 4.78 is 1.94. The number of hydrogen-bond acceptors (Lipinski definition) is 5. The minimum atomic E-state index is 0.600. The molecule has 0 saturated carbocycles. The highest BCUT2D eigenvalue weighted by Gasteiger charge is 2.21. The van der Waals surface area contributed by atoms with Gasteiger partial charge in [-0.2, -0.15) is 10.4 Å². The smallest absolute Gasteiger partial charge is 0.128 e. The Morgan fingerprint density at radius 1 is 1.11 bits per heavy atom. The van der Waals surface area contributed by atoms with Crippen molar-refractivity contribution < 1.29 is 0 Å². The quantitative estimate of drug-likeness (QED) is 0.325. The maximum atomic E-state index is 9.73. The maximum Gasteiger partial charge on any atom is 0.128 e. The van der Waals surface area contributed by atoms with E-state index in [9.17, 15) is 5.26 Å². The first-order valence-electron chi connectivity index (χ1n) is 13.0. The minimum Gasteiger partial charge on any atom is -0.357 e. The molecule has 0 amide bonds. The lowest BCUT2D eigenvalue weighted by atomic mass is 9.91. The number of anilines is 1. The van der Waals surface area contributed by atoms with Gasteiger partial charge in [-0.05, 0) is 86.3 Å². The average molecular weight is 479 g/mol. The number of rotatable bonds is 7. The summed E-state index contributed by atoms with van der Waals surface area (Å²) in [4.78, 5) is 11.5. The lowest BCUT2D eigenvalue weighted by Gasteiger charge is -2.33. The molecule has 36 heavy (non-hydrogen) atoms. The van der Waals surface area contributed by atoms with E-state index in [-0.39, 0.29) is 0 Å². The number of nitrogens with zero attached hydrogens (tertiary/aromatic N) is 6. The number of fused-ring (bicyclic) bond motifs is 1. The van der Waals surface area contributed by atoms with Gasteiger partial charge >= 0.3 is 0 Å². The molecule has 184 valence electrons. The third-order valence-corrected chi connectivity index (χ3v) is 7.48. The van der Waals surface area contributed by atoms with Gasteiger partial charge in [0.25, 0.3) is 0 Å². The summed E-state index contributed by atoms with van der Waals surface area (Å²) >= 11 is 0. The third kappa shape index (κ3) is 4.97. The van der Waals surface area contributed by atoms with Crippen LogP contribution < -0.4 is 4.90 Å². The molecule has 5 heterocycles. The third-order valence-electron chi connectivity index (χ3n) is 7.48. The number of pyridine rings is 3. The lowest BCUT2D eigenvalue weighted by molar-refractivity contribution is 0.402. The summed E-state index contributed by atoms with van der Waals surface area (Å²) in [5, 5.41) is 14.3. The number of hydrogen-bond donors (Lipinski definition) is 0. The molecule has 1 fully saturated rings. The highest BCUT2D eigenvalue weighted by atomic mass is 15.2. The fourth-order valence-electron chi connectivity index (χ4n) is 5.29. The van der Waals surface area contributed by atoms with Crippen molar-refractivity contribution in [1.29, 1.82) is 5.26 Å². The van der Waals surface area contributed by atoms with Crippen molar-refractivity contribution in [2.24, 2.45) is 11.8 Å². The van der Waals surface area contributed by atoms with Crippen LogP contribution >= 0.6 is 0 Å². The molecule has 5 rings (SSSR count). The Kier molecular flexibility index (Phi) is 6.99. The van der Waals surface area contributed by atoms with Gasteiger partial charge in [0.1, 0.15) is 11.9 Å². The van der Waals surface area contributed by atoms with Gasteiger partial charge < -0.3 is 4.90 Å². The van der Waals surface area contributed by atoms with Crippen LogP contribution in [0, 0.1) is 30.1 Å². The first kappa shape index (κ1) is 24.0. The van der Waals surface area contributed by atoms with Gasteiger partial charge in [-0.1, -0.05) is 19.9 Å². The van der Waals surface area contributed by atoms with Crippen LogP contribution in [0.4, 0.5) is 5.82 Å². The molecule has 0 atom stereocenters. The van der Waals surface area contributed by atoms with Crippen molar-refractivity contribution in [2.75, 3.05) is 18.0 Å². The van der Waals surface area contributed by atoms with E-state index in [4.69, 9.17) is 4.98 Å². The van der Waals surface area contributed by atoms with Gasteiger partial charge in [0, 0.05) is 48.5 Å². The molecule has 6 nitrogen and oxygen atoms in total. The van der Waals surface area contributed by atoms with Crippen molar-refractivity contribution in [2.45, 2.75) is 52.9 Å². The molecular formula is C30H34N6. The molecule has 1 aliphatic heterocycles. The van der Waals surface area contributed by atoms with E-state index in [0.717, 1.165) is 73.3 Å². The van der Waals surface area contributed by atoms with Crippen molar-refractivity contribution >= 4 is 11.3 Å². The Labute approximate surface area is 213 Å². The van der Waals surface area contributed by atoms with E-state index in [1.165, 1.54) is 11.1 Å². The molecule has 0 N–H and O–H groups in total. The Morgan fingerprint density at radius 3 is 2.61 bits per heavy atom. The SMILES string of the molecule is Cc1c(CCC(C)C)cc(-c2ccc(N3CCC(Cc4cccnc4)CC3)nc2)c2c(C#N)cnn12. The standard InChI is InChI=1S/C30H34N6/c1-21(2)6-7-25-16-28(30-27(17-31)20-34-36(30)22(25)3)26-8-9-29(33-19-26)35-13-10-23(11-14-35)15-24-5-4-12-32-18-24/h4-5,8-9,12,16,18-21,23H,6-7,10-11,13-15H2,1-3H3. The average Bonchev–Trinajstić information content (AvgIpc) is 3.34. The summed E-state index contributed by atoms with van der Waals surface area (Å²) in [5.74, 6) is 2.35. The Bertz CT molecular complexity index is 1360. The summed E-state index contributed by atoms with van der Waals surface area (Å²) in [6.45, 7) is 8.64. The largest absolute Gasteiger partial charge is 0.357 e. The fourth-order valence-corrected chi connectivity index (χ4v) is 5.29. The van der Waals surface area contributed by atoms with Crippen molar-refractivity contribution in [3.8, 4) is 17.2 Å². The van der Waals surface area contributed by atoms with E-state index in [0.29, 0.717) is 17.4 Å². The normalized spacial score (nSPS) is 14.5. The van der Waals surface area contributed by atoms with Crippen LogP contribution in [0.15, 0.2) is 55.1 Å². The highest BCUT2D eigenvalue weighted by molar-refractivity contribution is 5.85.